The largest absolute Gasteiger partial charge is 0.481 e. The molecule has 1 aromatic heterocycles. The number of carboxylic acid groups (broad SMARTS) is 1. The smallest absolute Gasteiger partial charge is 0.305 e. The van der Waals surface area contributed by atoms with Crippen molar-refractivity contribution in [2.75, 3.05) is 0 Å². The van der Waals surface area contributed by atoms with Crippen molar-refractivity contribution in [3.8, 4) is 0 Å². The van der Waals surface area contributed by atoms with Crippen LogP contribution in [0, 0.1) is 12.8 Å². The van der Waals surface area contributed by atoms with Gasteiger partial charge in [-0.3, -0.25) is 9.59 Å². The third-order valence-corrected chi connectivity index (χ3v) is 5.12. The summed E-state index contributed by atoms with van der Waals surface area (Å²) in [7, 11) is 0. The van der Waals surface area contributed by atoms with Crippen molar-refractivity contribution in [3.63, 3.8) is 0 Å². The average Bonchev–Trinajstić information content (AvgIpc) is 3.05. The SMILES string of the molecule is Cc1cc(C(=O)NC(CC(=O)O)C2CC2)sc1Br. The number of nitrogens with one attached hydrogen (secondary N) is 1. The molecule has 4 nitrogen and oxygen atoms in total. The van der Waals surface area contributed by atoms with Crippen LogP contribution in [0.2, 0.25) is 0 Å². The van der Waals surface area contributed by atoms with E-state index >= 15 is 0 Å². The average molecular weight is 332 g/mol. The fourth-order valence-electron chi connectivity index (χ4n) is 1.83. The van der Waals surface area contributed by atoms with Gasteiger partial charge in [0.15, 0.2) is 0 Å². The van der Waals surface area contributed by atoms with Gasteiger partial charge in [-0.2, -0.15) is 0 Å². The van der Waals surface area contributed by atoms with Crippen molar-refractivity contribution < 1.29 is 14.7 Å². The highest BCUT2D eigenvalue weighted by atomic mass is 79.9. The zero-order valence-corrected chi connectivity index (χ0v) is 12.3. The van der Waals surface area contributed by atoms with Crippen LogP contribution in [0.15, 0.2) is 9.85 Å². The number of carboxylic acids is 1. The van der Waals surface area contributed by atoms with Crippen LogP contribution in [-0.4, -0.2) is 23.0 Å². The number of rotatable bonds is 5. The predicted octanol–water partition coefficient (Wildman–Crippen LogP) is 2.80. The maximum absolute atomic E-state index is 12.0. The number of aliphatic carboxylic acids is 1. The summed E-state index contributed by atoms with van der Waals surface area (Å²) in [6, 6.07) is 1.57. The maximum Gasteiger partial charge on any atom is 0.305 e. The Morgan fingerprint density at radius 1 is 1.61 bits per heavy atom. The Labute approximate surface area is 118 Å². The summed E-state index contributed by atoms with van der Waals surface area (Å²) in [5, 5.41) is 11.7. The molecule has 1 aliphatic rings. The number of hydrogen-bond donors (Lipinski definition) is 2. The van der Waals surface area contributed by atoms with Crippen molar-refractivity contribution in [3.05, 3.63) is 20.3 Å². The lowest BCUT2D eigenvalue weighted by molar-refractivity contribution is -0.137. The Kier molecular flexibility index (Phi) is 4.07. The van der Waals surface area contributed by atoms with Gasteiger partial charge in [-0.05, 0) is 53.2 Å². The van der Waals surface area contributed by atoms with Crippen molar-refractivity contribution in [2.45, 2.75) is 32.2 Å². The Morgan fingerprint density at radius 3 is 2.72 bits per heavy atom. The van der Waals surface area contributed by atoms with Gasteiger partial charge in [0.25, 0.3) is 5.91 Å². The summed E-state index contributed by atoms with van der Waals surface area (Å²) in [5.74, 6) is -0.711. The van der Waals surface area contributed by atoms with Gasteiger partial charge < -0.3 is 10.4 Å². The summed E-state index contributed by atoms with van der Waals surface area (Å²) >= 11 is 4.75. The topological polar surface area (TPSA) is 66.4 Å². The Morgan fingerprint density at radius 2 is 2.28 bits per heavy atom. The molecule has 1 atom stereocenters. The third-order valence-electron chi connectivity index (χ3n) is 2.98. The molecular formula is C12H14BrNO3S. The molecule has 1 aliphatic carbocycles. The van der Waals surface area contributed by atoms with E-state index in [0.29, 0.717) is 10.8 Å². The minimum Gasteiger partial charge on any atom is -0.481 e. The van der Waals surface area contributed by atoms with Gasteiger partial charge in [0.05, 0.1) is 15.1 Å². The molecule has 1 fully saturated rings. The molecule has 1 heterocycles. The second-order valence-electron chi connectivity index (χ2n) is 4.58. The van der Waals surface area contributed by atoms with Gasteiger partial charge in [-0.1, -0.05) is 0 Å². The highest BCUT2D eigenvalue weighted by Gasteiger charge is 2.34. The molecule has 1 amide bonds. The second-order valence-corrected chi connectivity index (χ2v) is 6.95. The minimum atomic E-state index is -0.865. The van der Waals surface area contributed by atoms with Gasteiger partial charge >= 0.3 is 5.97 Å². The van der Waals surface area contributed by atoms with Crippen LogP contribution in [0.4, 0.5) is 0 Å². The molecule has 18 heavy (non-hydrogen) atoms. The Balaban J connectivity index is 2.02. The number of hydrogen-bond acceptors (Lipinski definition) is 3. The Hall–Kier alpha value is -0.880. The van der Waals surface area contributed by atoms with Gasteiger partial charge in [0, 0.05) is 6.04 Å². The molecular weight excluding hydrogens is 318 g/mol. The quantitative estimate of drug-likeness (QED) is 0.871. The summed E-state index contributed by atoms with van der Waals surface area (Å²) in [6.07, 6.45) is 2.01. The third kappa shape index (κ3) is 3.32. The van der Waals surface area contributed by atoms with E-state index in [4.69, 9.17) is 5.11 Å². The van der Waals surface area contributed by atoms with Gasteiger partial charge in [0.2, 0.25) is 0 Å². The number of aryl methyl sites for hydroxylation is 1. The van der Waals surface area contributed by atoms with E-state index in [1.165, 1.54) is 11.3 Å². The van der Waals surface area contributed by atoms with E-state index < -0.39 is 5.97 Å². The highest BCUT2D eigenvalue weighted by molar-refractivity contribution is 9.11. The van der Waals surface area contributed by atoms with Crippen molar-refractivity contribution in [1.82, 2.24) is 5.32 Å². The summed E-state index contributed by atoms with van der Waals surface area (Å²) < 4.78 is 0.939. The monoisotopic (exact) mass is 331 g/mol. The first-order valence-corrected chi connectivity index (χ1v) is 7.37. The van der Waals surface area contributed by atoms with E-state index in [1.807, 2.05) is 13.0 Å². The van der Waals surface area contributed by atoms with Crippen LogP contribution in [0.3, 0.4) is 0 Å². The normalized spacial score (nSPS) is 16.3. The lowest BCUT2D eigenvalue weighted by atomic mass is 10.1. The van der Waals surface area contributed by atoms with Gasteiger partial charge in [0.1, 0.15) is 0 Å². The van der Waals surface area contributed by atoms with Gasteiger partial charge in [-0.15, -0.1) is 11.3 Å². The molecule has 0 spiro atoms. The molecule has 0 bridgehead atoms. The molecule has 0 aromatic carbocycles. The standard InChI is InChI=1S/C12H14BrNO3S/c1-6-4-9(18-11(6)13)12(17)14-8(5-10(15)16)7-2-3-7/h4,7-8H,2-3,5H2,1H3,(H,14,17)(H,15,16). The second kappa shape index (κ2) is 5.40. The summed E-state index contributed by atoms with van der Waals surface area (Å²) in [6.45, 7) is 1.92. The zero-order chi connectivity index (χ0) is 13.3. The van der Waals surface area contributed by atoms with Gasteiger partial charge in [-0.25, -0.2) is 0 Å². The first-order chi connectivity index (χ1) is 8.47. The fraction of sp³-hybridized carbons (Fsp3) is 0.500. The first kappa shape index (κ1) is 13.5. The number of amides is 1. The Bertz CT molecular complexity index is 462. The summed E-state index contributed by atoms with van der Waals surface area (Å²) in [5.41, 5.74) is 1.02. The molecule has 6 heteroatoms. The molecule has 2 N–H and O–H groups in total. The van der Waals surface area contributed by atoms with Crippen molar-refractivity contribution in [2.24, 2.45) is 5.92 Å². The van der Waals surface area contributed by atoms with Crippen LogP contribution in [0.5, 0.6) is 0 Å². The van der Waals surface area contributed by atoms with Crippen LogP contribution in [-0.2, 0) is 4.79 Å². The molecule has 0 saturated heterocycles. The molecule has 1 saturated carbocycles. The minimum absolute atomic E-state index is 0.00192. The van der Waals surface area contributed by atoms with E-state index in [2.05, 4.69) is 21.2 Å². The van der Waals surface area contributed by atoms with E-state index in [1.54, 1.807) is 0 Å². The maximum atomic E-state index is 12.0. The summed E-state index contributed by atoms with van der Waals surface area (Å²) in [4.78, 5) is 23.4. The molecule has 1 unspecified atom stereocenters. The zero-order valence-electron chi connectivity index (χ0n) is 9.90. The van der Waals surface area contributed by atoms with Crippen LogP contribution in [0.25, 0.3) is 0 Å². The number of carbonyl (C=O) groups excluding carboxylic acids is 1. The molecule has 0 aliphatic heterocycles. The van der Waals surface area contributed by atoms with Crippen LogP contribution < -0.4 is 5.32 Å². The predicted molar refractivity (Wildman–Crippen MR) is 73.0 cm³/mol. The van der Waals surface area contributed by atoms with E-state index in [-0.39, 0.29) is 18.4 Å². The molecule has 0 radical (unpaired) electrons. The first-order valence-electron chi connectivity index (χ1n) is 5.76. The molecule has 2 rings (SSSR count). The molecule has 98 valence electrons. The number of thiophene rings is 1. The van der Waals surface area contributed by atoms with Crippen LogP contribution >= 0.6 is 27.3 Å². The van der Waals surface area contributed by atoms with Crippen molar-refractivity contribution in [1.29, 1.82) is 0 Å². The molecule has 1 aromatic rings. The highest BCUT2D eigenvalue weighted by Crippen LogP contribution is 2.34. The van der Waals surface area contributed by atoms with Crippen LogP contribution in [0.1, 0.15) is 34.5 Å². The fourth-order valence-corrected chi connectivity index (χ4v) is 3.27. The lowest BCUT2D eigenvalue weighted by Gasteiger charge is -2.15. The number of carbonyl (C=O) groups is 2. The van der Waals surface area contributed by atoms with E-state index in [9.17, 15) is 9.59 Å². The van der Waals surface area contributed by atoms with Crippen molar-refractivity contribution >= 4 is 39.1 Å². The van der Waals surface area contributed by atoms with E-state index in [0.717, 1.165) is 22.2 Å². The number of halogens is 1. The lowest BCUT2D eigenvalue weighted by Crippen LogP contribution is -2.37.